The fourth-order valence-electron chi connectivity index (χ4n) is 8.72. The minimum absolute atomic E-state index is 0.0723. The highest BCUT2D eigenvalue weighted by atomic mass is 16.5. The van der Waals surface area contributed by atoms with E-state index in [1.807, 2.05) is 78.8 Å². The molecule has 1 aromatic rings. The smallest absolute Gasteiger partial charge is 0.326 e. The summed E-state index contributed by atoms with van der Waals surface area (Å²) in [6, 6.07) is 4.30. The lowest BCUT2D eigenvalue weighted by molar-refractivity contribution is -0.161. The second-order valence-corrected chi connectivity index (χ2v) is 17.6. The molecule has 332 valence electrons. The number of likely N-dealkylation sites (tertiary alicyclic amines) is 1. The number of benzene rings is 1. The number of hydrogen-bond donors (Lipinski definition) is 2. The summed E-state index contributed by atoms with van der Waals surface area (Å²) in [6.45, 7) is 16.9. The standard InChI is InChI=1S/C43H72N8O8/c1-15-27(4)37(49(12)41(55)35(29(6)46-47-44)45-39(53)36(26(2)3)48(10)11)33(58-13)25-34(52)50-23-19-22-31(50)38(59-14)28(5)40(54)51(43(7,8)9)32(42(56)57)24-30-20-17-16-18-21-30/h16-18,20-21,26-29,31-33,35-38H,15,19,22-25H2,1-14H3,(H,45,53)(H,56,57)/t27?,28?,29?,31-,32?,33?,35?,36?,37?,38?/m0/s1. The van der Waals surface area contributed by atoms with E-state index in [1.165, 1.54) is 24.0 Å². The number of carbonyl (C=O) groups is 5. The lowest BCUT2D eigenvalue weighted by Gasteiger charge is -2.44. The first kappa shape index (κ1) is 50.9. The summed E-state index contributed by atoms with van der Waals surface area (Å²) in [6.07, 6.45) is 0.384. The molecule has 0 aliphatic carbocycles. The van der Waals surface area contributed by atoms with Crippen molar-refractivity contribution in [1.29, 1.82) is 0 Å². The Hall–Kier alpha value is -4.24. The fourth-order valence-corrected chi connectivity index (χ4v) is 8.72. The van der Waals surface area contributed by atoms with Crippen LogP contribution in [0, 0.1) is 17.8 Å². The van der Waals surface area contributed by atoms with Gasteiger partial charge in [0.2, 0.25) is 23.6 Å². The normalized spacial score (nSPS) is 19.1. The van der Waals surface area contributed by atoms with E-state index < -0.39 is 71.8 Å². The molecule has 1 aliphatic rings. The molecule has 0 aromatic heterocycles. The van der Waals surface area contributed by atoms with Crippen LogP contribution < -0.4 is 5.32 Å². The van der Waals surface area contributed by atoms with E-state index in [1.54, 1.807) is 44.8 Å². The number of nitrogens with one attached hydrogen (secondary N) is 1. The molecule has 2 rings (SSSR count). The molecule has 0 radical (unpaired) electrons. The molecule has 10 atom stereocenters. The van der Waals surface area contributed by atoms with Crippen molar-refractivity contribution >= 4 is 29.6 Å². The molecule has 1 fully saturated rings. The number of amides is 4. The van der Waals surface area contributed by atoms with Crippen LogP contribution in [0.3, 0.4) is 0 Å². The van der Waals surface area contributed by atoms with Crippen LogP contribution in [-0.2, 0) is 39.9 Å². The lowest BCUT2D eigenvalue weighted by atomic mass is 9.89. The first-order valence-corrected chi connectivity index (χ1v) is 20.8. The third-order valence-corrected chi connectivity index (χ3v) is 11.8. The summed E-state index contributed by atoms with van der Waals surface area (Å²) in [5, 5.41) is 17.1. The van der Waals surface area contributed by atoms with Crippen LogP contribution >= 0.6 is 0 Å². The van der Waals surface area contributed by atoms with Crippen molar-refractivity contribution in [2.45, 2.75) is 148 Å². The highest BCUT2D eigenvalue weighted by Gasteiger charge is 2.46. The molecule has 16 nitrogen and oxygen atoms in total. The van der Waals surface area contributed by atoms with Gasteiger partial charge in [0.05, 0.1) is 48.7 Å². The fraction of sp³-hybridized carbons (Fsp3) is 0.744. The average Bonchev–Trinajstić information content (AvgIpc) is 3.65. The Morgan fingerprint density at radius 1 is 1.00 bits per heavy atom. The SMILES string of the molecule is CCC(C)C(C(CC(=O)N1CCC[C@H]1C(OC)C(C)C(=O)N(C(Cc1ccccc1)C(=O)O)C(C)(C)C)OC)N(C)C(=O)C(NC(=O)C(C(C)C)N(C)C)C(C)N=[N+]=[N-]. The molecule has 1 aliphatic heterocycles. The number of likely N-dealkylation sites (N-methyl/N-ethyl adjacent to an activating group) is 2. The zero-order valence-corrected chi connectivity index (χ0v) is 37.9. The molecule has 0 saturated carbocycles. The zero-order valence-electron chi connectivity index (χ0n) is 37.9. The van der Waals surface area contributed by atoms with Crippen LogP contribution in [-0.4, -0.2) is 150 Å². The number of hydrogen-bond acceptors (Lipinski definition) is 9. The van der Waals surface area contributed by atoms with Gasteiger partial charge in [-0.3, -0.25) is 24.1 Å². The van der Waals surface area contributed by atoms with Crippen molar-refractivity contribution in [1.82, 2.24) is 24.9 Å². The van der Waals surface area contributed by atoms with Crippen LogP contribution in [0.25, 0.3) is 10.4 Å². The topological polar surface area (TPSA) is 198 Å². The number of azide groups is 1. The number of carboxylic acid groups (broad SMARTS) is 1. The van der Waals surface area contributed by atoms with Gasteiger partial charge in [-0.25, -0.2) is 4.79 Å². The number of nitrogens with zero attached hydrogens (tertiary/aromatic N) is 7. The maximum absolute atomic E-state index is 14.5. The van der Waals surface area contributed by atoms with E-state index in [0.717, 1.165) is 5.56 Å². The van der Waals surface area contributed by atoms with Crippen molar-refractivity contribution in [2.75, 3.05) is 41.9 Å². The second-order valence-electron chi connectivity index (χ2n) is 17.6. The molecule has 0 bridgehead atoms. The summed E-state index contributed by atoms with van der Waals surface area (Å²) in [7, 11) is 8.17. The average molecular weight is 829 g/mol. The maximum Gasteiger partial charge on any atom is 0.326 e. The molecule has 4 amide bonds. The highest BCUT2D eigenvalue weighted by molar-refractivity contribution is 5.91. The first-order valence-electron chi connectivity index (χ1n) is 20.8. The van der Waals surface area contributed by atoms with Gasteiger partial charge in [0.1, 0.15) is 12.1 Å². The van der Waals surface area contributed by atoms with Gasteiger partial charge in [-0.15, -0.1) is 0 Å². The number of carboxylic acids is 1. The molecule has 59 heavy (non-hydrogen) atoms. The Bertz CT molecular complexity index is 1590. The number of carbonyl (C=O) groups excluding carboxylic acids is 4. The summed E-state index contributed by atoms with van der Waals surface area (Å²) >= 11 is 0. The molecule has 16 heteroatoms. The Morgan fingerprint density at radius 2 is 1.61 bits per heavy atom. The Balaban J connectivity index is 2.44. The van der Waals surface area contributed by atoms with Crippen LogP contribution in [0.15, 0.2) is 35.4 Å². The van der Waals surface area contributed by atoms with Crippen molar-refractivity contribution in [2.24, 2.45) is 22.9 Å². The quantitative estimate of drug-likeness (QED) is 0.0918. The van der Waals surface area contributed by atoms with E-state index in [4.69, 9.17) is 9.47 Å². The maximum atomic E-state index is 14.5. The van der Waals surface area contributed by atoms with Crippen LogP contribution in [0.1, 0.15) is 93.6 Å². The van der Waals surface area contributed by atoms with E-state index in [9.17, 15) is 34.6 Å². The van der Waals surface area contributed by atoms with Crippen molar-refractivity contribution in [3.8, 4) is 0 Å². The summed E-state index contributed by atoms with van der Waals surface area (Å²) < 4.78 is 12.0. The first-order chi connectivity index (χ1) is 27.6. The molecular formula is C43H72N8O8. The van der Waals surface area contributed by atoms with Gasteiger partial charge in [-0.2, -0.15) is 0 Å². The van der Waals surface area contributed by atoms with E-state index in [-0.39, 0.29) is 42.4 Å². The van der Waals surface area contributed by atoms with E-state index in [2.05, 4.69) is 15.3 Å². The summed E-state index contributed by atoms with van der Waals surface area (Å²) in [4.78, 5) is 79.0. The number of methoxy groups -OCH3 is 2. The Labute approximate surface area is 351 Å². The Morgan fingerprint density at radius 3 is 2.08 bits per heavy atom. The molecular weight excluding hydrogens is 757 g/mol. The van der Waals surface area contributed by atoms with Crippen molar-refractivity contribution in [3.63, 3.8) is 0 Å². The van der Waals surface area contributed by atoms with E-state index >= 15 is 0 Å². The van der Waals surface area contributed by atoms with E-state index in [0.29, 0.717) is 25.8 Å². The van der Waals surface area contributed by atoms with Gasteiger partial charge in [-0.05, 0) is 70.6 Å². The minimum Gasteiger partial charge on any atom is -0.480 e. The van der Waals surface area contributed by atoms with Gasteiger partial charge >= 0.3 is 5.97 Å². The Kier molecular flexibility index (Phi) is 19.8. The minimum atomic E-state index is -1.19. The van der Waals surface area contributed by atoms with Gasteiger partial charge in [0, 0.05) is 44.7 Å². The van der Waals surface area contributed by atoms with Crippen LogP contribution in [0.4, 0.5) is 0 Å². The predicted octanol–water partition coefficient (Wildman–Crippen LogP) is 5.00. The van der Waals surface area contributed by atoms with Crippen molar-refractivity contribution in [3.05, 3.63) is 46.3 Å². The monoisotopic (exact) mass is 829 g/mol. The summed E-state index contributed by atoms with van der Waals surface area (Å²) in [5.74, 6) is -3.64. The highest BCUT2D eigenvalue weighted by Crippen LogP contribution is 2.32. The van der Waals surface area contributed by atoms with Crippen molar-refractivity contribution < 1.29 is 38.6 Å². The number of aliphatic carboxylic acids is 1. The lowest BCUT2D eigenvalue weighted by Crippen LogP contribution is -2.61. The molecule has 9 unspecified atom stereocenters. The zero-order chi connectivity index (χ0) is 44.9. The largest absolute Gasteiger partial charge is 0.480 e. The van der Waals surface area contributed by atoms with Gasteiger partial charge < -0.3 is 34.6 Å². The number of ether oxygens (including phenoxy) is 2. The number of rotatable bonds is 22. The molecule has 2 N–H and O–H groups in total. The summed E-state index contributed by atoms with van der Waals surface area (Å²) in [5.41, 5.74) is 9.23. The van der Waals surface area contributed by atoms with Crippen LogP contribution in [0.2, 0.25) is 0 Å². The molecule has 1 saturated heterocycles. The van der Waals surface area contributed by atoms with Gasteiger partial charge in [-0.1, -0.05) is 83.4 Å². The second kappa shape index (κ2) is 22.9. The predicted molar refractivity (Wildman–Crippen MR) is 227 cm³/mol. The van der Waals surface area contributed by atoms with Crippen LogP contribution in [0.5, 0.6) is 0 Å². The third kappa shape index (κ3) is 13.1. The van der Waals surface area contributed by atoms with Gasteiger partial charge in [0.25, 0.3) is 0 Å². The molecule has 1 aromatic carbocycles. The molecule has 0 spiro atoms. The third-order valence-electron chi connectivity index (χ3n) is 11.8. The van der Waals surface area contributed by atoms with Gasteiger partial charge in [0.15, 0.2) is 0 Å². The molecule has 1 heterocycles.